The molecule has 1 heterocycles. The third-order valence-corrected chi connectivity index (χ3v) is 6.07. The van der Waals surface area contributed by atoms with Crippen molar-refractivity contribution in [1.82, 2.24) is 0 Å². The zero-order valence-corrected chi connectivity index (χ0v) is 19.8. The Bertz CT molecular complexity index is 1340. The molecule has 5 nitrogen and oxygen atoms in total. The van der Waals surface area contributed by atoms with Crippen LogP contribution < -0.4 is 9.64 Å². The number of carbonyl (C=O) groups excluding carboxylic acids is 2. The molecule has 0 spiro atoms. The molecule has 7 heteroatoms. The normalized spacial score (nSPS) is 17.7. The summed E-state index contributed by atoms with van der Waals surface area (Å²) in [5, 5.41) is 11.5. The largest absolute Gasteiger partial charge is 0.507 e. The Morgan fingerprint density at radius 2 is 1.63 bits per heavy atom. The molecule has 1 N–H and O–H groups in total. The Labute approximate surface area is 202 Å². The molecular weight excluding hydrogens is 452 g/mol. The average Bonchev–Trinajstić information content (AvgIpc) is 3.08. The van der Waals surface area contributed by atoms with E-state index in [2.05, 4.69) is 0 Å². The lowest BCUT2D eigenvalue weighted by atomic mass is 9.85. The smallest absolute Gasteiger partial charge is 0.300 e. The molecule has 1 fully saturated rings. The molecule has 0 bridgehead atoms. The van der Waals surface area contributed by atoms with E-state index in [1.807, 2.05) is 26.8 Å². The van der Waals surface area contributed by atoms with Gasteiger partial charge in [0.05, 0.1) is 24.3 Å². The summed E-state index contributed by atoms with van der Waals surface area (Å²) < 4.78 is 34.0. The van der Waals surface area contributed by atoms with Gasteiger partial charge in [0.15, 0.2) is 0 Å². The van der Waals surface area contributed by atoms with Gasteiger partial charge in [0, 0.05) is 11.3 Å². The summed E-state index contributed by atoms with van der Waals surface area (Å²) in [5.41, 5.74) is 0.703. The summed E-state index contributed by atoms with van der Waals surface area (Å²) >= 11 is 0. The summed E-state index contributed by atoms with van der Waals surface area (Å²) in [7, 11) is 1.42. The number of halogens is 2. The van der Waals surface area contributed by atoms with Crippen molar-refractivity contribution in [1.29, 1.82) is 0 Å². The van der Waals surface area contributed by atoms with Gasteiger partial charge in [0.2, 0.25) is 0 Å². The number of rotatable bonds is 4. The van der Waals surface area contributed by atoms with Gasteiger partial charge in [-0.15, -0.1) is 0 Å². The highest BCUT2D eigenvalue weighted by atomic mass is 19.1. The molecule has 3 aromatic rings. The predicted octanol–water partition coefficient (Wildman–Crippen LogP) is 5.90. The molecule has 1 atom stereocenters. The van der Waals surface area contributed by atoms with E-state index in [1.165, 1.54) is 37.4 Å². The van der Waals surface area contributed by atoms with Crippen LogP contribution >= 0.6 is 0 Å². The lowest BCUT2D eigenvalue weighted by Gasteiger charge is -2.26. The summed E-state index contributed by atoms with van der Waals surface area (Å²) in [6.45, 7) is 5.97. The van der Waals surface area contributed by atoms with E-state index in [0.717, 1.165) is 22.6 Å². The van der Waals surface area contributed by atoms with Crippen LogP contribution in [0.3, 0.4) is 0 Å². The van der Waals surface area contributed by atoms with Gasteiger partial charge < -0.3 is 9.84 Å². The molecular formula is C28H25F2NO4. The molecule has 180 valence electrons. The van der Waals surface area contributed by atoms with Crippen molar-refractivity contribution < 1.29 is 28.2 Å². The van der Waals surface area contributed by atoms with Gasteiger partial charge >= 0.3 is 0 Å². The lowest BCUT2D eigenvalue weighted by molar-refractivity contribution is -0.132. The van der Waals surface area contributed by atoms with Crippen LogP contribution in [0.4, 0.5) is 14.5 Å². The zero-order chi connectivity index (χ0) is 25.5. The zero-order valence-electron chi connectivity index (χ0n) is 19.8. The van der Waals surface area contributed by atoms with E-state index in [-0.39, 0.29) is 33.6 Å². The van der Waals surface area contributed by atoms with E-state index < -0.39 is 35.1 Å². The number of carbonyl (C=O) groups is 2. The molecule has 4 rings (SSSR count). The topological polar surface area (TPSA) is 66.8 Å². The Hall–Kier alpha value is -4.00. The number of ether oxygens (including phenoxy) is 1. The number of aliphatic hydroxyl groups is 1. The molecule has 0 aliphatic carbocycles. The number of nitrogens with zero attached hydrogens (tertiary/aromatic N) is 1. The maximum atomic E-state index is 15.0. The Morgan fingerprint density at radius 1 is 0.971 bits per heavy atom. The first-order valence-electron chi connectivity index (χ1n) is 11.0. The van der Waals surface area contributed by atoms with Gasteiger partial charge in [-0.25, -0.2) is 8.78 Å². The minimum atomic E-state index is -1.27. The fourth-order valence-corrected chi connectivity index (χ4v) is 4.20. The second kappa shape index (κ2) is 8.98. The summed E-state index contributed by atoms with van der Waals surface area (Å²) in [6, 6.07) is 14.6. The van der Waals surface area contributed by atoms with Crippen LogP contribution in [0.5, 0.6) is 5.75 Å². The SMILES string of the molecule is COc1ccc(C(C)(C)C)cc1/C(O)=C1\C(=O)C(=O)N(c2ccc(F)cc2)C1c1ccccc1F. The monoisotopic (exact) mass is 477 g/mol. The molecule has 35 heavy (non-hydrogen) atoms. The molecule has 3 aromatic carbocycles. The number of aliphatic hydroxyl groups excluding tert-OH is 1. The molecule has 1 saturated heterocycles. The number of Topliss-reactive ketones (excluding diaryl/α,β-unsaturated/α-hetero) is 1. The van der Waals surface area contributed by atoms with Gasteiger partial charge in [0.1, 0.15) is 23.1 Å². The number of methoxy groups -OCH3 is 1. The number of hydrogen-bond acceptors (Lipinski definition) is 4. The second-order valence-corrected chi connectivity index (χ2v) is 9.33. The Kier molecular flexibility index (Phi) is 6.19. The van der Waals surface area contributed by atoms with Crippen LogP contribution in [-0.2, 0) is 15.0 Å². The van der Waals surface area contributed by atoms with E-state index in [9.17, 15) is 19.1 Å². The van der Waals surface area contributed by atoms with Crippen LogP contribution in [0.15, 0.2) is 72.3 Å². The van der Waals surface area contributed by atoms with Gasteiger partial charge in [-0.1, -0.05) is 45.0 Å². The minimum absolute atomic E-state index is 0.0171. The predicted molar refractivity (Wildman–Crippen MR) is 129 cm³/mol. The first kappa shape index (κ1) is 24.1. The maximum Gasteiger partial charge on any atom is 0.300 e. The molecule has 1 amide bonds. The van der Waals surface area contributed by atoms with Crippen LogP contribution in [-0.4, -0.2) is 23.9 Å². The molecule has 0 radical (unpaired) electrons. The molecule has 0 aromatic heterocycles. The van der Waals surface area contributed by atoms with Gasteiger partial charge in [-0.05, 0) is 53.4 Å². The number of anilines is 1. The van der Waals surface area contributed by atoms with Gasteiger partial charge in [-0.2, -0.15) is 0 Å². The number of benzene rings is 3. The Morgan fingerprint density at radius 3 is 2.23 bits per heavy atom. The Balaban J connectivity index is 2.01. The van der Waals surface area contributed by atoms with Crippen LogP contribution in [0.2, 0.25) is 0 Å². The fourth-order valence-electron chi connectivity index (χ4n) is 4.20. The van der Waals surface area contributed by atoms with E-state index in [4.69, 9.17) is 4.74 Å². The van der Waals surface area contributed by atoms with Gasteiger partial charge in [0.25, 0.3) is 11.7 Å². The molecule has 0 saturated carbocycles. The quantitative estimate of drug-likeness (QED) is 0.289. The lowest BCUT2D eigenvalue weighted by Crippen LogP contribution is -2.29. The highest BCUT2D eigenvalue weighted by Gasteiger charge is 2.48. The van der Waals surface area contributed by atoms with Crippen molar-refractivity contribution in [3.05, 3.63) is 101 Å². The molecule has 1 unspecified atom stereocenters. The highest BCUT2D eigenvalue weighted by molar-refractivity contribution is 6.51. The fraction of sp³-hybridized carbons (Fsp3) is 0.214. The number of ketones is 1. The highest BCUT2D eigenvalue weighted by Crippen LogP contribution is 2.44. The second-order valence-electron chi connectivity index (χ2n) is 9.33. The third-order valence-electron chi connectivity index (χ3n) is 6.07. The molecule has 1 aliphatic rings. The van der Waals surface area contributed by atoms with Crippen molar-refractivity contribution >= 4 is 23.1 Å². The first-order chi connectivity index (χ1) is 16.5. The van der Waals surface area contributed by atoms with Crippen molar-refractivity contribution in [2.45, 2.75) is 32.2 Å². The first-order valence-corrected chi connectivity index (χ1v) is 11.0. The molecule has 1 aliphatic heterocycles. The minimum Gasteiger partial charge on any atom is -0.507 e. The average molecular weight is 478 g/mol. The summed E-state index contributed by atoms with van der Waals surface area (Å²) in [4.78, 5) is 27.6. The summed E-state index contributed by atoms with van der Waals surface area (Å²) in [6.07, 6.45) is 0. The van der Waals surface area contributed by atoms with Crippen molar-refractivity contribution in [2.24, 2.45) is 0 Å². The third kappa shape index (κ3) is 4.30. The van der Waals surface area contributed by atoms with E-state index >= 15 is 4.39 Å². The standard InChI is InChI=1S/C28H25F2NO4/c1-28(2,3)16-9-14-22(35-4)20(15-16)25(32)23-24(19-7-5-6-8-21(19)30)31(27(34)26(23)33)18-12-10-17(29)11-13-18/h5-15,24,32H,1-4H3/b25-23+. The number of hydrogen-bond donors (Lipinski definition) is 1. The number of amides is 1. The van der Waals surface area contributed by atoms with Gasteiger partial charge in [-0.3, -0.25) is 14.5 Å². The van der Waals surface area contributed by atoms with E-state index in [0.29, 0.717) is 0 Å². The van der Waals surface area contributed by atoms with Crippen molar-refractivity contribution in [3.8, 4) is 5.75 Å². The summed E-state index contributed by atoms with van der Waals surface area (Å²) in [5.74, 6) is -3.33. The van der Waals surface area contributed by atoms with Crippen LogP contribution in [0, 0.1) is 11.6 Å². The maximum absolute atomic E-state index is 15.0. The van der Waals surface area contributed by atoms with E-state index in [1.54, 1.807) is 18.2 Å². The van der Waals surface area contributed by atoms with Crippen molar-refractivity contribution in [2.75, 3.05) is 12.0 Å². The van der Waals surface area contributed by atoms with Crippen LogP contribution in [0.1, 0.15) is 43.5 Å². The van der Waals surface area contributed by atoms with Crippen LogP contribution in [0.25, 0.3) is 5.76 Å². The van der Waals surface area contributed by atoms with Crippen molar-refractivity contribution in [3.63, 3.8) is 0 Å².